The van der Waals surface area contributed by atoms with Gasteiger partial charge in [0.05, 0.1) is 46.2 Å². The summed E-state index contributed by atoms with van der Waals surface area (Å²) in [7, 11) is 1.71. The molecule has 1 heterocycles. The third-order valence-electron chi connectivity index (χ3n) is 5.75. The maximum Gasteiger partial charge on any atom is 0.253 e. The number of carbonyl (C=O) groups excluding carboxylic acids is 4. The zero-order valence-electron chi connectivity index (χ0n) is 20.0. The second kappa shape index (κ2) is 16.3. The molecule has 0 aromatic heterocycles. The number of hydrogen-bond acceptors (Lipinski definition) is 8. The lowest BCUT2D eigenvalue weighted by molar-refractivity contribution is -0.138. The van der Waals surface area contributed by atoms with E-state index in [1.807, 2.05) is 0 Å². The van der Waals surface area contributed by atoms with E-state index in [1.54, 1.807) is 7.05 Å². The highest BCUT2D eigenvalue weighted by molar-refractivity contribution is 6.12. The fourth-order valence-corrected chi connectivity index (χ4v) is 3.89. The zero-order chi connectivity index (χ0) is 24.6. The van der Waals surface area contributed by atoms with Gasteiger partial charge in [-0.25, -0.2) is 0 Å². The van der Waals surface area contributed by atoms with Gasteiger partial charge in [0.2, 0.25) is 11.8 Å². The Kier molecular flexibility index (Phi) is 13.4. The number of imide groups is 1. The van der Waals surface area contributed by atoms with Gasteiger partial charge in [-0.3, -0.25) is 24.1 Å². The molecule has 0 unspecified atom stereocenters. The van der Waals surface area contributed by atoms with Crippen molar-refractivity contribution in [1.29, 1.82) is 0 Å². The van der Waals surface area contributed by atoms with Crippen LogP contribution in [0.4, 0.5) is 0 Å². The fourth-order valence-electron chi connectivity index (χ4n) is 3.89. The van der Waals surface area contributed by atoms with E-state index in [0.29, 0.717) is 65.8 Å². The molecule has 0 aromatic carbocycles. The molecule has 1 aliphatic carbocycles. The highest BCUT2D eigenvalue weighted by Crippen LogP contribution is 2.30. The number of amides is 4. The molecule has 0 aromatic rings. The molecule has 0 spiro atoms. The molecule has 3 N–H and O–H groups in total. The summed E-state index contributed by atoms with van der Waals surface area (Å²) in [4.78, 5) is 48.2. The fraction of sp³-hybridized carbons (Fsp3) is 0.739. The second-order valence-corrected chi connectivity index (χ2v) is 8.35. The SMILES string of the molecule is CNCC(=O)NCCOCCOCCOCCNC(=O)C1CCC(CN2C(=O)C=CC2=O)CC1. The van der Waals surface area contributed by atoms with Crippen molar-refractivity contribution in [3.63, 3.8) is 0 Å². The highest BCUT2D eigenvalue weighted by Gasteiger charge is 2.31. The van der Waals surface area contributed by atoms with Gasteiger partial charge < -0.3 is 30.2 Å². The molecule has 1 aliphatic heterocycles. The standard InChI is InChI=1S/C23H38N4O7/c1-24-16-20(28)25-8-10-32-12-14-34-15-13-33-11-9-26-23(31)19-4-2-18(3-5-19)17-27-21(29)6-7-22(27)30/h6-7,18-19,24H,2-5,8-17H2,1H3,(H,25,28)(H,26,31). The van der Waals surface area contributed by atoms with Crippen LogP contribution in [0, 0.1) is 11.8 Å². The Balaban J connectivity index is 1.37. The maximum absolute atomic E-state index is 12.3. The van der Waals surface area contributed by atoms with Crippen LogP contribution in [0.15, 0.2) is 12.2 Å². The normalized spacial score (nSPS) is 20.1. The Morgan fingerprint density at radius 3 is 1.94 bits per heavy atom. The molecule has 1 saturated carbocycles. The van der Waals surface area contributed by atoms with E-state index < -0.39 is 0 Å². The summed E-state index contributed by atoms with van der Waals surface area (Å²) < 4.78 is 16.2. The molecule has 0 bridgehead atoms. The molecular weight excluding hydrogens is 444 g/mol. The van der Waals surface area contributed by atoms with Crippen LogP contribution < -0.4 is 16.0 Å². The largest absolute Gasteiger partial charge is 0.377 e. The first-order valence-corrected chi connectivity index (χ1v) is 12.0. The van der Waals surface area contributed by atoms with Gasteiger partial charge >= 0.3 is 0 Å². The summed E-state index contributed by atoms with van der Waals surface area (Å²) in [5.74, 6) is -0.287. The van der Waals surface area contributed by atoms with Gasteiger partial charge in [-0.05, 0) is 38.6 Å². The Hall–Kier alpha value is -2.34. The van der Waals surface area contributed by atoms with Crippen molar-refractivity contribution in [3.8, 4) is 0 Å². The van der Waals surface area contributed by atoms with Gasteiger partial charge in [0.1, 0.15) is 0 Å². The topological polar surface area (TPSA) is 135 Å². The molecule has 4 amide bonds. The Labute approximate surface area is 200 Å². The summed E-state index contributed by atoms with van der Waals surface area (Å²) in [5, 5.41) is 8.40. The van der Waals surface area contributed by atoms with Crippen LogP contribution in [0.1, 0.15) is 25.7 Å². The Bertz CT molecular complexity index is 675. The molecular formula is C23H38N4O7. The predicted octanol–water partition coefficient (Wildman–Crippen LogP) is -0.781. The molecule has 0 saturated heterocycles. The number of carbonyl (C=O) groups is 4. The number of nitrogens with one attached hydrogen (secondary N) is 3. The first kappa shape index (κ1) is 27.9. The highest BCUT2D eigenvalue weighted by atomic mass is 16.5. The Morgan fingerprint density at radius 1 is 0.853 bits per heavy atom. The van der Waals surface area contributed by atoms with Crippen LogP contribution in [0.5, 0.6) is 0 Å². The third kappa shape index (κ3) is 10.7. The van der Waals surface area contributed by atoms with Crippen LogP contribution in [-0.2, 0) is 33.4 Å². The van der Waals surface area contributed by atoms with E-state index in [0.717, 1.165) is 25.7 Å². The van der Waals surface area contributed by atoms with E-state index in [9.17, 15) is 19.2 Å². The molecule has 34 heavy (non-hydrogen) atoms. The van der Waals surface area contributed by atoms with Crippen LogP contribution in [0.3, 0.4) is 0 Å². The van der Waals surface area contributed by atoms with Crippen LogP contribution in [0.25, 0.3) is 0 Å². The minimum atomic E-state index is -0.244. The summed E-state index contributed by atoms with van der Waals surface area (Å²) in [6, 6.07) is 0. The van der Waals surface area contributed by atoms with Gasteiger partial charge in [-0.2, -0.15) is 0 Å². The van der Waals surface area contributed by atoms with Crippen molar-refractivity contribution in [3.05, 3.63) is 12.2 Å². The molecule has 1 fully saturated rings. The lowest BCUT2D eigenvalue weighted by atomic mass is 9.81. The monoisotopic (exact) mass is 482 g/mol. The predicted molar refractivity (Wildman–Crippen MR) is 124 cm³/mol. The van der Waals surface area contributed by atoms with E-state index in [1.165, 1.54) is 17.1 Å². The smallest absolute Gasteiger partial charge is 0.253 e. The minimum absolute atomic E-state index is 0.0284. The van der Waals surface area contributed by atoms with Crippen molar-refractivity contribution >= 4 is 23.6 Å². The average molecular weight is 483 g/mol. The lowest BCUT2D eigenvalue weighted by Crippen LogP contribution is -2.39. The van der Waals surface area contributed by atoms with Gasteiger partial charge in [0, 0.05) is 37.7 Å². The second-order valence-electron chi connectivity index (χ2n) is 8.35. The van der Waals surface area contributed by atoms with Crippen molar-refractivity contribution in [2.75, 3.05) is 72.9 Å². The number of rotatable bonds is 17. The quantitative estimate of drug-likeness (QED) is 0.182. The third-order valence-corrected chi connectivity index (χ3v) is 5.75. The van der Waals surface area contributed by atoms with Gasteiger partial charge in [0.15, 0.2) is 0 Å². The van der Waals surface area contributed by atoms with E-state index in [-0.39, 0.29) is 35.5 Å². The van der Waals surface area contributed by atoms with E-state index >= 15 is 0 Å². The molecule has 2 aliphatic rings. The molecule has 11 heteroatoms. The van der Waals surface area contributed by atoms with Gasteiger partial charge in [-0.15, -0.1) is 0 Å². The summed E-state index contributed by atoms with van der Waals surface area (Å²) in [5.41, 5.74) is 0. The summed E-state index contributed by atoms with van der Waals surface area (Å²) >= 11 is 0. The number of nitrogens with zero attached hydrogens (tertiary/aromatic N) is 1. The first-order valence-electron chi connectivity index (χ1n) is 12.0. The van der Waals surface area contributed by atoms with Crippen molar-refractivity contribution in [2.24, 2.45) is 11.8 Å². The molecule has 11 nitrogen and oxygen atoms in total. The lowest BCUT2D eigenvalue weighted by Gasteiger charge is -2.30. The van der Waals surface area contributed by atoms with Gasteiger partial charge in [-0.1, -0.05) is 0 Å². The maximum atomic E-state index is 12.3. The summed E-state index contributed by atoms with van der Waals surface area (Å²) in [6.07, 6.45) is 5.80. The minimum Gasteiger partial charge on any atom is -0.377 e. The Morgan fingerprint density at radius 2 is 1.38 bits per heavy atom. The van der Waals surface area contributed by atoms with Gasteiger partial charge in [0.25, 0.3) is 11.8 Å². The molecule has 0 radical (unpaired) electrons. The van der Waals surface area contributed by atoms with Crippen LogP contribution in [-0.4, -0.2) is 101 Å². The number of ether oxygens (including phenoxy) is 3. The van der Waals surface area contributed by atoms with Crippen molar-refractivity contribution < 1.29 is 33.4 Å². The average Bonchev–Trinajstić information content (AvgIpc) is 3.14. The van der Waals surface area contributed by atoms with Crippen LogP contribution in [0.2, 0.25) is 0 Å². The van der Waals surface area contributed by atoms with E-state index in [4.69, 9.17) is 14.2 Å². The van der Waals surface area contributed by atoms with Crippen molar-refractivity contribution in [1.82, 2.24) is 20.9 Å². The first-order chi connectivity index (χ1) is 16.5. The van der Waals surface area contributed by atoms with Crippen molar-refractivity contribution in [2.45, 2.75) is 25.7 Å². The molecule has 0 atom stereocenters. The summed E-state index contributed by atoms with van der Waals surface area (Å²) in [6.45, 7) is 4.27. The number of likely N-dealkylation sites (N-methyl/N-ethyl adjacent to an activating group) is 1. The zero-order valence-corrected chi connectivity index (χ0v) is 20.0. The van der Waals surface area contributed by atoms with E-state index in [2.05, 4.69) is 16.0 Å². The van der Waals surface area contributed by atoms with Crippen LogP contribution >= 0.6 is 0 Å². The molecule has 192 valence electrons. The number of hydrogen-bond donors (Lipinski definition) is 3. The molecule has 2 rings (SSSR count).